The zero-order valence-electron chi connectivity index (χ0n) is 16.5. The molecule has 0 spiro atoms. The highest BCUT2D eigenvalue weighted by Crippen LogP contribution is 2.16. The van der Waals surface area contributed by atoms with E-state index >= 15 is 0 Å². The van der Waals surface area contributed by atoms with Gasteiger partial charge in [-0.25, -0.2) is 8.42 Å². The number of aromatic nitrogens is 2. The summed E-state index contributed by atoms with van der Waals surface area (Å²) in [5.41, 5.74) is 0.223. The maximum Gasteiger partial charge on any atom is 0.325 e. The topological polar surface area (TPSA) is 132 Å². The van der Waals surface area contributed by atoms with Crippen molar-refractivity contribution in [2.24, 2.45) is 0 Å². The van der Waals surface area contributed by atoms with Crippen LogP contribution in [-0.4, -0.2) is 54.4 Å². The molecular formula is C18H24N4O6S. The Morgan fingerprint density at radius 1 is 1.14 bits per heavy atom. The van der Waals surface area contributed by atoms with E-state index in [9.17, 15) is 18.0 Å². The van der Waals surface area contributed by atoms with Crippen molar-refractivity contribution in [3.8, 4) is 0 Å². The Bertz CT molecular complexity index is 936. The second-order valence-electron chi connectivity index (χ2n) is 5.91. The Kier molecular flexibility index (Phi) is 7.85. The fraction of sp³-hybridized carbons (Fsp3) is 0.444. The van der Waals surface area contributed by atoms with Crippen LogP contribution in [0.3, 0.4) is 0 Å². The van der Waals surface area contributed by atoms with E-state index in [0.717, 1.165) is 0 Å². The van der Waals surface area contributed by atoms with Crippen molar-refractivity contribution in [2.45, 2.75) is 38.7 Å². The summed E-state index contributed by atoms with van der Waals surface area (Å²) in [6.45, 7) is 5.54. The van der Waals surface area contributed by atoms with E-state index in [1.54, 1.807) is 13.8 Å². The van der Waals surface area contributed by atoms with Crippen molar-refractivity contribution in [3.63, 3.8) is 0 Å². The molecule has 1 N–H and O–H groups in total. The zero-order chi connectivity index (χ0) is 21.4. The third-order valence-corrected chi connectivity index (χ3v) is 6.10. The number of esters is 1. The Hall–Kier alpha value is -2.79. The highest BCUT2D eigenvalue weighted by molar-refractivity contribution is 7.89. The standard InChI is InChI=1S/C18H24N4O6S/c1-4-15-20-16(28-21-15)12-27-17(23)11-19-18(24)13-7-9-14(10-8-13)29(25,26)22(5-2)6-3/h7-10H,4-6,11-12H2,1-3H3,(H,19,24). The van der Waals surface area contributed by atoms with Crippen molar-refractivity contribution in [1.29, 1.82) is 0 Å². The molecule has 0 aliphatic heterocycles. The molecule has 1 heterocycles. The van der Waals surface area contributed by atoms with Gasteiger partial charge in [0.05, 0.1) is 4.90 Å². The van der Waals surface area contributed by atoms with E-state index in [0.29, 0.717) is 25.3 Å². The lowest BCUT2D eigenvalue weighted by Crippen LogP contribution is -2.31. The maximum atomic E-state index is 12.4. The van der Waals surface area contributed by atoms with Crippen LogP contribution in [0.15, 0.2) is 33.7 Å². The molecule has 10 nitrogen and oxygen atoms in total. The fourth-order valence-electron chi connectivity index (χ4n) is 2.43. The van der Waals surface area contributed by atoms with E-state index < -0.39 is 21.9 Å². The van der Waals surface area contributed by atoms with Gasteiger partial charge in [0.2, 0.25) is 10.0 Å². The highest BCUT2D eigenvalue weighted by atomic mass is 32.2. The fourth-order valence-corrected chi connectivity index (χ4v) is 3.89. The third-order valence-electron chi connectivity index (χ3n) is 4.04. The normalized spacial score (nSPS) is 11.4. The molecule has 0 radical (unpaired) electrons. The summed E-state index contributed by atoms with van der Waals surface area (Å²) in [5, 5.41) is 6.09. The number of benzene rings is 1. The van der Waals surface area contributed by atoms with Crippen molar-refractivity contribution < 1.29 is 27.3 Å². The van der Waals surface area contributed by atoms with Gasteiger partial charge in [0.1, 0.15) is 6.54 Å². The lowest BCUT2D eigenvalue weighted by atomic mass is 10.2. The summed E-state index contributed by atoms with van der Waals surface area (Å²) in [6.07, 6.45) is 0.600. The summed E-state index contributed by atoms with van der Waals surface area (Å²) >= 11 is 0. The molecule has 0 saturated carbocycles. The van der Waals surface area contributed by atoms with Crippen molar-refractivity contribution in [1.82, 2.24) is 19.8 Å². The number of sulfonamides is 1. The Labute approximate surface area is 169 Å². The quantitative estimate of drug-likeness (QED) is 0.562. The van der Waals surface area contributed by atoms with Gasteiger partial charge in [-0.2, -0.15) is 9.29 Å². The maximum absolute atomic E-state index is 12.4. The second kappa shape index (κ2) is 10.1. The van der Waals surface area contributed by atoms with Gasteiger partial charge in [0.25, 0.3) is 11.8 Å². The minimum Gasteiger partial charge on any atom is -0.454 e. The first-order valence-corrected chi connectivity index (χ1v) is 10.6. The molecule has 2 rings (SSSR count). The number of carbonyl (C=O) groups is 2. The van der Waals surface area contributed by atoms with Crippen LogP contribution in [0, 0.1) is 0 Å². The molecule has 29 heavy (non-hydrogen) atoms. The van der Waals surface area contributed by atoms with Crippen LogP contribution in [0.1, 0.15) is 42.8 Å². The van der Waals surface area contributed by atoms with E-state index in [2.05, 4.69) is 15.5 Å². The molecule has 0 fully saturated rings. The first-order valence-electron chi connectivity index (χ1n) is 9.17. The van der Waals surface area contributed by atoms with Crippen LogP contribution in [0.5, 0.6) is 0 Å². The number of hydrogen-bond acceptors (Lipinski definition) is 8. The first kappa shape index (κ1) is 22.5. The van der Waals surface area contributed by atoms with Crippen LogP contribution >= 0.6 is 0 Å². The monoisotopic (exact) mass is 424 g/mol. The Balaban J connectivity index is 1.88. The SMILES string of the molecule is CCc1noc(COC(=O)CNC(=O)c2ccc(S(=O)(=O)N(CC)CC)cc2)n1. The number of nitrogens with one attached hydrogen (secondary N) is 1. The molecular weight excluding hydrogens is 400 g/mol. The summed E-state index contributed by atoms with van der Waals surface area (Å²) in [6, 6.07) is 5.51. The number of nitrogens with zero attached hydrogens (tertiary/aromatic N) is 3. The van der Waals surface area contributed by atoms with Crippen molar-refractivity contribution in [2.75, 3.05) is 19.6 Å². The summed E-state index contributed by atoms with van der Waals surface area (Å²) in [5.74, 6) is -0.516. The molecule has 0 aliphatic carbocycles. The van der Waals surface area contributed by atoms with Crippen LogP contribution in [0.25, 0.3) is 0 Å². The van der Waals surface area contributed by atoms with E-state index in [4.69, 9.17) is 9.26 Å². The van der Waals surface area contributed by atoms with Crippen LogP contribution < -0.4 is 5.32 Å². The molecule has 0 unspecified atom stereocenters. The molecule has 1 aromatic heterocycles. The molecule has 0 atom stereocenters. The van der Waals surface area contributed by atoms with E-state index in [1.807, 2.05) is 6.92 Å². The van der Waals surface area contributed by atoms with Gasteiger partial charge in [-0.3, -0.25) is 9.59 Å². The van der Waals surface area contributed by atoms with Crippen LogP contribution in [0.4, 0.5) is 0 Å². The number of hydrogen-bond donors (Lipinski definition) is 1. The molecule has 158 valence electrons. The predicted octanol–water partition coefficient (Wildman–Crippen LogP) is 1.14. The van der Waals surface area contributed by atoms with E-state index in [-0.39, 0.29) is 29.5 Å². The van der Waals surface area contributed by atoms with Crippen LogP contribution in [-0.2, 0) is 32.6 Å². The minimum atomic E-state index is -3.60. The molecule has 2 aromatic rings. The highest BCUT2D eigenvalue weighted by Gasteiger charge is 2.21. The molecule has 0 saturated heterocycles. The predicted molar refractivity (Wildman–Crippen MR) is 102 cm³/mol. The average molecular weight is 424 g/mol. The largest absolute Gasteiger partial charge is 0.454 e. The minimum absolute atomic E-state index is 0.100. The number of rotatable bonds is 10. The third kappa shape index (κ3) is 5.84. The first-order chi connectivity index (χ1) is 13.8. The molecule has 0 aliphatic rings. The van der Waals surface area contributed by atoms with Crippen molar-refractivity contribution in [3.05, 3.63) is 41.5 Å². The smallest absolute Gasteiger partial charge is 0.325 e. The Morgan fingerprint density at radius 2 is 1.79 bits per heavy atom. The van der Waals surface area contributed by atoms with Crippen molar-refractivity contribution >= 4 is 21.9 Å². The van der Waals surface area contributed by atoms with Gasteiger partial charge in [-0.15, -0.1) is 0 Å². The number of carbonyl (C=O) groups excluding carboxylic acids is 2. The molecule has 0 bridgehead atoms. The summed E-state index contributed by atoms with van der Waals surface area (Å²) in [7, 11) is -3.60. The van der Waals surface area contributed by atoms with Gasteiger partial charge in [-0.05, 0) is 24.3 Å². The number of ether oxygens (including phenoxy) is 1. The number of amides is 1. The number of aryl methyl sites for hydroxylation is 1. The van der Waals surface area contributed by atoms with Gasteiger partial charge >= 0.3 is 5.97 Å². The summed E-state index contributed by atoms with van der Waals surface area (Å²) in [4.78, 5) is 28.0. The summed E-state index contributed by atoms with van der Waals surface area (Å²) < 4.78 is 36.1. The van der Waals surface area contributed by atoms with Gasteiger partial charge < -0.3 is 14.6 Å². The Morgan fingerprint density at radius 3 is 2.34 bits per heavy atom. The van der Waals surface area contributed by atoms with Crippen LogP contribution in [0.2, 0.25) is 0 Å². The average Bonchev–Trinajstić information content (AvgIpc) is 3.19. The van der Waals surface area contributed by atoms with E-state index in [1.165, 1.54) is 28.6 Å². The molecule has 1 aromatic carbocycles. The second-order valence-corrected chi connectivity index (χ2v) is 7.85. The lowest BCUT2D eigenvalue weighted by molar-refractivity contribution is -0.144. The lowest BCUT2D eigenvalue weighted by Gasteiger charge is -2.18. The molecule has 1 amide bonds. The zero-order valence-corrected chi connectivity index (χ0v) is 17.4. The van der Waals surface area contributed by atoms with Gasteiger partial charge in [-0.1, -0.05) is 25.9 Å². The molecule has 11 heteroatoms. The van der Waals surface area contributed by atoms with Gasteiger partial charge in [0.15, 0.2) is 12.4 Å². The van der Waals surface area contributed by atoms with Gasteiger partial charge in [0, 0.05) is 25.1 Å².